The molecule has 0 spiro atoms. The Kier molecular flexibility index (Phi) is 7.52. The average molecular weight is 562 g/mol. The largest absolute Gasteiger partial charge is 0.480 e. The number of amides is 3. The third kappa shape index (κ3) is 6.12. The molecule has 1 unspecified atom stereocenters. The minimum atomic E-state index is -3.77. The number of aromatic amines is 1. The van der Waals surface area contributed by atoms with Crippen LogP contribution in [-0.2, 0) is 32.5 Å². The lowest BCUT2D eigenvalue weighted by Gasteiger charge is -2.20. The Labute approximate surface area is 230 Å². The fraction of sp³-hybridized carbons (Fsp3) is 0.214. The van der Waals surface area contributed by atoms with Gasteiger partial charge in [0.1, 0.15) is 17.1 Å². The van der Waals surface area contributed by atoms with Crippen LogP contribution in [-0.4, -0.2) is 47.4 Å². The second-order valence-electron chi connectivity index (χ2n) is 9.60. The van der Waals surface area contributed by atoms with Crippen molar-refractivity contribution in [3.05, 3.63) is 101 Å². The van der Waals surface area contributed by atoms with E-state index in [4.69, 9.17) is 0 Å². The maximum atomic E-state index is 13.0. The van der Waals surface area contributed by atoms with Crippen LogP contribution in [0.2, 0.25) is 0 Å². The van der Waals surface area contributed by atoms with E-state index in [-0.39, 0.29) is 19.3 Å². The zero-order valence-electron chi connectivity index (χ0n) is 21.2. The van der Waals surface area contributed by atoms with E-state index >= 15 is 0 Å². The van der Waals surface area contributed by atoms with Crippen molar-refractivity contribution in [3.8, 4) is 0 Å². The second-order valence-corrected chi connectivity index (χ2v) is 11.5. The van der Waals surface area contributed by atoms with Gasteiger partial charge in [-0.15, -0.1) is 0 Å². The Morgan fingerprint density at radius 3 is 2.25 bits per heavy atom. The number of nitrogens with one attached hydrogen (secondary N) is 4. The van der Waals surface area contributed by atoms with Crippen LogP contribution >= 0.6 is 0 Å². The maximum Gasteiger partial charge on any atom is 0.326 e. The van der Waals surface area contributed by atoms with Crippen molar-refractivity contribution in [2.75, 3.05) is 0 Å². The number of carboxylic acids is 1. The van der Waals surface area contributed by atoms with Crippen LogP contribution in [0.15, 0.2) is 78.9 Å². The predicted molar refractivity (Wildman–Crippen MR) is 147 cm³/mol. The minimum absolute atomic E-state index is 0.113. The summed E-state index contributed by atoms with van der Waals surface area (Å²) in [6.45, 7) is 0. The van der Waals surface area contributed by atoms with Crippen molar-refractivity contribution in [2.45, 2.75) is 36.6 Å². The van der Waals surface area contributed by atoms with E-state index < -0.39 is 45.3 Å². The first kappa shape index (κ1) is 26.9. The van der Waals surface area contributed by atoms with Crippen molar-refractivity contribution in [3.63, 3.8) is 0 Å². The number of rotatable bonds is 9. The fourth-order valence-electron chi connectivity index (χ4n) is 4.71. The summed E-state index contributed by atoms with van der Waals surface area (Å²) in [4.78, 5) is 44.4. The summed E-state index contributed by atoms with van der Waals surface area (Å²) in [5.74, 6) is -1.23. The van der Waals surface area contributed by atoms with Crippen LogP contribution < -0.4 is 15.4 Å². The molecule has 3 atom stereocenters. The molecule has 1 saturated heterocycles. The van der Waals surface area contributed by atoms with Gasteiger partial charge in [-0.05, 0) is 35.2 Å². The van der Waals surface area contributed by atoms with Gasteiger partial charge in [-0.1, -0.05) is 66.7 Å². The van der Waals surface area contributed by atoms with Gasteiger partial charge < -0.3 is 20.7 Å². The monoisotopic (exact) mass is 561 g/mol. The molecular weight excluding hydrogens is 534 g/mol. The molecule has 5 rings (SSSR count). The van der Waals surface area contributed by atoms with Crippen molar-refractivity contribution < 1.29 is 27.9 Å². The number of nitrogens with zero attached hydrogens (tertiary/aromatic N) is 1. The summed E-state index contributed by atoms with van der Waals surface area (Å²) < 4.78 is 26.5. The first-order valence-corrected chi connectivity index (χ1v) is 14.1. The van der Waals surface area contributed by atoms with Crippen LogP contribution in [0.5, 0.6) is 0 Å². The molecule has 1 aromatic heterocycles. The van der Waals surface area contributed by atoms with Gasteiger partial charge in [0, 0.05) is 6.42 Å². The Bertz CT molecular complexity index is 1620. The molecule has 0 saturated carbocycles. The number of aromatic nitrogens is 2. The topological polar surface area (TPSA) is 170 Å². The average Bonchev–Trinajstić information content (AvgIpc) is 3.48. The van der Waals surface area contributed by atoms with E-state index in [2.05, 4.69) is 20.6 Å². The summed E-state index contributed by atoms with van der Waals surface area (Å²) in [7, 11) is -3.77. The standard InChI is InChI=1S/C28H27N5O6S/c34-25-16-24(40(38,39)33-25)19-12-10-18(11-13-19)14-22(26-29-20-8-4-5-9-21(20)30-26)31-28(37)32-23(27(35)36)15-17-6-2-1-3-7-17/h1-13,22-24H,14-16H2,(H,29,30)(H,33,34)(H,35,36)(H2,31,32,37)/t22-,23-,24?/m0/s1. The van der Waals surface area contributed by atoms with Gasteiger partial charge in [-0.25, -0.2) is 23.0 Å². The SMILES string of the molecule is O=C1CC(c2ccc(C[C@H](NC(=O)N[C@@H](Cc3ccccc3)C(=O)O)c3nc4ccccc4[nH]3)cc2)S(=O)(=O)N1. The molecule has 3 aromatic carbocycles. The van der Waals surface area contributed by atoms with Crippen molar-refractivity contribution >= 4 is 39.0 Å². The number of hydrogen-bond acceptors (Lipinski definition) is 6. The van der Waals surface area contributed by atoms with Crippen LogP contribution in [0.25, 0.3) is 11.0 Å². The molecule has 1 fully saturated rings. The highest BCUT2D eigenvalue weighted by atomic mass is 32.2. The molecule has 3 amide bonds. The number of carboxylic acid groups (broad SMARTS) is 1. The Morgan fingerprint density at radius 2 is 1.60 bits per heavy atom. The number of urea groups is 1. The lowest BCUT2D eigenvalue weighted by Crippen LogP contribution is -2.48. The molecule has 12 heteroatoms. The summed E-state index contributed by atoms with van der Waals surface area (Å²) in [5, 5.41) is 14.1. The number of aliphatic carboxylic acids is 1. The van der Waals surface area contributed by atoms with Gasteiger partial charge in [-0.3, -0.25) is 9.52 Å². The van der Waals surface area contributed by atoms with E-state index in [1.807, 2.05) is 35.1 Å². The van der Waals surface area contributed by atoms with Crippen LogP contribution in [0.4, 0.5) is 4.79 Å². The number of imidazole rings is 1. The molecule has 0 bridgehead atoms. The molecule has 11 nitrogen and oxygen atoms in total. The Balaban J connectivity index is 1.36. The van der Waals surface area contributed by atoms with Gasteiger partial charge >= 0.3 is 12.0 Å². The van der Waals surface area contributed by atoms with Gasteiger partial charge in [0.2, 0.25) is 15.9 Å². The quantitative estimate of drug-likeness (QED) is 0.209. The van der Waals surface area contributed by atoms with Gasteiger partial charge in [0.05, 0.1) is 23.5 Å². The lowest BCUT2D eigenvalue weighted by molar-refractivity contribution is -0.139. The number of H-pyrrole nitrogens is 1. The summed E-state index contributed by atoms with van der Waals surface area (Å²) in [6.07, 6.45) is 0.249. The predicted octanol–water partition coefficient (Wildman–Crippen LogP) is 2.73. The van der Waals surface area contributed by atoms with E-state index in [9.17, 15) is 27.9 Å². The molecule has 2 heterocycles. The maximum absolute atomic E-state index is 13.0. The minimum Gasteiger partial charge on any atom is -0.480 e. The van der Waals surface area contributed by atoms with Gasteiger partial charge in [0.25, 0.3) is 0 Å². The Hall–Kier alpha value is -4.71. The molecule has 1 aliphatic rings. The van der Waals surface area contributed by atoms with E-state index in [1.165, 1.54) is 0 Å². The molecule has 4 aromatic rings. The third-order valence-electron chi connectivity index (χ3n) is 6.72. The molecule has 206 valence electrons. The number of hydrogen-bond donors (Lipinski definition) is 5. The van der Waals surface area contributed by atoms with Crippen LogP contribution in [0.1, 0.15) is 40.2 Å². The van der Waals surface area contributed by atoms with Gasteiger partial charge in [-0.2, -0.15) is 0 Å². The normalized spacial score (nSPS) is 17.6. The lowest BCUT2D eigenvalue weighted by atomic mass is 10.0. The molecule has 5 N–H and O–H groups in total. The number of benzene rings is 3. The van der Waals surface area contributed by atoms with E-state index in [0.29, 0.717) is 16.9 Å². The summed E-state index contributed by atoms with van der Waals surface area (Å²) >= 11 is 0. The van der Waals surface area contributed by atoms with Gasteiger partial charge in [0.15, 0.2) is 0 Å². The number of para-hydroxylation sites is 2. The third-order valence-corrected chi connectivity index (χ3v) is 8.42. The van der Waals surface area contributed by atoms with Crippen molar-refractivity contribution in [2.24, 2.45) is 0 Å². The molecule has 0 aliphatic carbocycles. The highest BCUT2D eigenvalue weighted by Gasteiger charge is 2.37. The zero-order valence-corrected chi connectivity index (χ0v) is 22.0. The van der Waals surface area contributed by atoms with Crippen molar-refractivity contribution in [1.29, 1.82) is 0 Å². The smallest absolute Gasteiger partial charge is 0.326 e. The first-order chi connectivity index (χ1) is 19.2. The zero-order chi connectivity index (χ0) is 28.3. The van der Waals surface area contributed by atoms with Crippen LogP contribution in [0, 0.1) is 0 Å². The fourth-order valence-corrected chi connectivity index (χ4v) is 6.14. The second kappa shape index (κ2) is 11.2. The summed E-state index contributed by atoms with van der Waals surface area (Å²) in [6, 6.07) is 20.7. The van der Waals surface area contributed by atoms with E-state index in [1.54, 1.807) is 48.5 Å². The highest BCUT2D eigenvalue weighted by molar-refractivity contribution is 7.90. The number of sulfonamides is 1. The summed E-state index contributed by atoms with van der Waals surface area (Å²) in [5.41, 5.74) is 3.50. The van der Waals surface area contributed by atoms with Crippen molar-refractivity contribution in [1.82, 2.24) is 25.3 Å². The highest BCUT2D eigenvalue weighted by Crippen LogP contribution is 2.30. The van der Waals surface area contributed by atoms with Crippen LogP contribution in [0.3, 0.4) is 0 Å². The Morgan fingerprint density at radius 1 is 0.925 bits per heavy atom. The number of carbonyl (C=O) groups excluding carboxylic acids is 2. The number of fused-ring (bicyclic) bond motifs is 1. The van der Waals surface area contributed by atoms with E-state index in [0.717, 1.165) is 16.6 Å². The molecule has 40 heavy (non-hydrogen) atoms. The molecule has 1 aliphatic heterocycles. The first-order valence-electron chi connectivity index (χ1n) is 12.6. The molecule has 0 radical (unpaired) electrons. The number of carbonyl (C=O) groups is 3. The molecular formula is C28H27N5O6S.